The minimum Gasteiger partial charge on any atom is -0.493 e. The molecule has 1 aromatic rings. The molecule has 0 heterocycles. The molecular weight excluding hydrogens is 283 g/mol. The van der Waals surface area contributed by atoms with Crippen LogP contribution >= 0.6 is 10.7 Å². The first kappa shape index (κ1) is 15.0. The number of methoxy groups -OCH3 is 1. The molecule has 0 aromatic heterocycles. The first-order valence-electron chi connectivity index (χ1n) is 5.18. The van der Waals surface area contributed by atoms with Gasteiger partial charge in [0.1, 0.15) is 5.82 Å². The lowest BCUT2D eigenvalue weighted by Crippen LogP contribution is -2.10. The van der Waals surface area contributed by atoms with Crippen molar-refractivity contribution in [2.45, 2.75) is 25.7 Å². The van der Waals surface area contributed by atoms with Crippen LogP contribution in [-0.4, -0.2) is 21.6 Å². The maximum absolute atomic E-state index is 13.3. The topological polar surface area (TPSA) is 52.6 Å². The summed E-state index contributed by atoms with van der Waals surface area (Å²) in [5, 5.41) is 0. The van der Waals surface area contributed by atoms with Crippen LogP contribution < -0.4 is 9.47 Å². The van der Waals surface area contributed by atoms with E-state index in [1.54, 1.807) is 13.8 Å². The molecule has 102 valence electrons. The first-order valence-corrected chi connectivity index (χ1v) is 7.66. The van der Waals surface area contributed by atoms with Gasteiger partial charge in [0.05, 0.1) is 19.0 Å². The zero-order valence-corrected chi connectivity index (χ0v) is 11.8. The Morgan fingerprint density at radius 2 is 2.00 bits per heavy atom. The van der Waals surface area contributed by atoms with Crippen molar-refractivity contribution in [2.75, 3.05) is 7.11 Å². The number of hydrogen-bond donors (Lipinski definition) is 0. The molecule has 0 N–H and O–H groups in total. The molecule has 0 bridgehead atoms. The standard InChI is InChI=1S/C11H14ClFO4S/c1-7(2)17-11-8(6-18(12,14)15)4-9(13)5-10(11)16-3/h4-5,7H,6H2,1-3H3. The fourth-order valence-corrected chi connectivity index (χ4v) is 2.38. The predicted octanol–water partition coefficient (Wildman–Crippen LogP) is 2.69. The van der Waals surface area contributed by atoms with Gasteiger partial charge in [0.25, 0.3) is 0 Å². The van der Waals surface area contributed by atoms with E-state index in [0.717, 1.165) is 12.1 Å². The Kier molecular flexibility index (Phi) is 4.81. The highest BCUT2D eigenvalue weighted by molar-refractivity contribution is 8.13. The van der Waals surface area contributed by atoms with E-state index in [-0.39, 0.29) is 23.2 Å². The molecule has 0 aliphatic heterocycles. The summed E-state index contributed by atoms with van der Waals surface area (Å²) in [5.74, 6) is -0.805. The monoisotopic (exact) mass is 296 g/mol. The average Bonchev–Trinajstić information content (AvgIpc) is 2.18. The van der Waals surface area contributed by atoms with Crippen LogP contribution in [0.5, 0.6) is 11.5 Å². The van der Waals surface area contributed by atoms with Crippen LogP contribution in [0.3, 0.4) is 0 Å². The summed E-state index contributed by atoms with van der Waals surface area (Å²) in [7, 11) is 2.72. The minimum absolute atomic E-state index is 0.135. The second-order valence-corrected chi connectivity index (χ2v) is 6.72. The lowest BCUT2D eigenvalue weighted by atomic mass is 10.2. The zero-order chi connectivity index (χ0) is 13.9. The Bertz CT molecular complexity index is 528. The van der Waals surface area contributed by atoms with Crippen molar-refractivity contribution in [3.05, 3.63) is 23.5 Å². The van der Waals surface area contributed by atoms with Gasteiger partial charge in [0.2, 0.25) is 9.05 Å². The molecule has 0 fully saturated rings. The summed E-state index contributed by atoms with van der Waals surface area (Å²) >= 11 is 0. The number of ether oxygens (including phenoxy) is 2. The molecule has 0 spiro atoms. The van der Waals surface area contributed by atoms with E-state index in [2.05, 4.69) is 0 Å². The van der Waals surface area contributed by atoms with Gasteiger partial charge in [-0.1, -0.05) is 0 Å². The molecule has 0 aliphatic carbocycles. The Labute approximate surface area is 110 Å². The number of hydrogen-bond acceptors (Lipinski definition) is 4. The van der Waals surface area contributed by atoms with E-state index in [1.165, 1.54) is 7.11 Å². The van der Waals surface area contributed by atoms with Crippen molar-refractivity contribution in [1.82, 2.24) is 0 Å². The normalized spacial score (nSPS) is 11.7. The highest BCUT2D eigenvalue weighted by Crippen LogP contribution is 2.34. The Morgan fingerprint density at radius 1 is 1.39 bits per heavy atom. The Balaban J connectivity index is 3.32. The van der Waals surface area contributed by atoms with Gasteiger partial charge in [-0.3, -0.25) is 0 Å². The van der Waals surface area contributed by atoms with Crippen molar-refractivity contribution in [3.8, 4) is 11.5 Å². The van der Waals surface area contributed by atoms with Crippen LogP contribution in [0, 0.1) is 5.82 Å². The molecule has 0 atom stereocenters. The highest BCUT2D eigenvalue weighted by atomic mass is 35.7. The molecular formula is C11H14ClFO4S. The molecule has 0 aliphatic rings. The third-order valence-electron chi connectivity index (χ3n) is 2.00. The van der Waals surface area contributed by atoms with E-state index in [4.69, 9.17) is 20.2 Å². The molecule has 0 saturated heterocycles. The maximum atomic E-state index is 13.3. The fraction of sp³-hybridized carbons (Fsp3) is 0.455. The van der Waals surface area contributed by atoms with Crippen molar-refractivity contribution in [2.24, 2.45) is 0 Å². The maximum Gasteiger partial charge on any atom is 0.236 e. The molecule has 0 amide bonds. The zero-order valence-electron chi connectivity index (χ0n) is 10.2. The van der Waals surface area contributed by atoms with Crippen LogP contribution in [-0.2, 0) is 14.8 Å². The first-order chi connectivity index (χ1) is 8.23. The molecule has 0 saturated carbocycles. The van der Waals surface area contributed by atoms with Crippen molar-refractivity contribution in [3.63, 3.8) is 0 Å². The van der Waals surface area contributed by atoms with Gasteiger partial charge in [-0.25, -0.2) is 12.8 Å². The fourth-order valence-electron chi connectivity index (χ4n) is 1.44. The van der Waals surface area contributed by atoms with E-state index in [9.17, 15) is 12.8 Å². The van der Waals surface area contributed by atoms with Gasteiger partial charge in [-0.05, 0) is 19.9 Å². The van der Waals surface area contributed by atoms with E-state index < -0.39 is 20.6 Å². The Hall–Kier alpha value is -1.01. The van der Waals surface area contributed by atoms with Crippen LogP contribution in [0.2, 0.25) is 0 Å². The van der Waals surface area contributed by atoms with Gasteiger partial charge < -0.3 is 9.47 Å². The summed E-state index contributed by atoms with van der Waals surface area (Å²) in [5.41, 5.74) is 0.135. The van der Waals surface area contributed by atoms with Crippen molar-refractivity contribution < 1.29 is 22.3 Å². The largest absolute Gasteiger partial charge is 0.493 e. The van der Waals surface area contributed by atoms with Crippen molar-refractivity contribution >= 4 is 19.7 Å². The van der Waals surface area contributed by atoms with Gasteiger partial charge >= 0.3 is 0 Å². The van der Waals surface area contributed by atoms with Crippen LogP contribution in [0.4, 0.5) is 4.39 Å². The number of benzene rings is 1. The lowest BCUT2D eigenvalue weighted by molar-refractivity contribution is 0.227. The molecule has 4 nitrogen and oxygen atoms in total. The van der Waals surface area contributed by atoms with Crippen molar-refractivity contribution in [1.29, 1.82) is 0 Å². The Morgan fingerprint density at radius 3 is 2.44 bits per heavy atom. The minimum atomic E-state index is -3.81. The third-order valence-corrected chi connectivity index (χ3v) is 2.98. The smallest absolute Gasteiger partial charge is 0.236 e. The van der Waals surface area contributed by atoms with Crippen LogP contribution in [0.25, 0.3) is 0 Å². The quantitative estimate of drug-likeness (QED) is 0.784. The SMILES string of the molecule is COc1cc(F)cc(CS(=O)(=O)Cl)c1OC(C)C. The summed E-state index contributed by atoms with van der Waals surface area (Å²) in [6, 6.07) is 2.20. The second kappa shape index (κ2) is 5.75. The summed E-state index contributed by atoms with van der Waals surface area (Å²) in [6.45, 7) is 3.53. The third kappa shape index (κ3) is 4.34. The van der Waals surface area contributed by atoms with Gasteiger partial charge in [-0.2, -0.15) is 0 Å². The van der Waals surface area contributed by atoms with Gasteiger partial charge in [0.15, 0.2) is 11.5 Å². The number of halogens is 2. The average molecular weight is 297 g/mol. The molecule has 0 unspecified atom stereocenters. The predicted molar refractivity (Wildman–Crippen MR) is 67.2 cm³/mol. The second-order valence-electron chi connectivity index (χ2n) is 3.95. The van der Waals surface area contributed by atoms with E-state index in [0.29, 0.717) is 0 Å². The lowest BCUT2D eigenvalue weighted by Gasteiger charge is -2.17. The molecule has 1 aromatic carbocycles. The van der Waals surface area contributed by atoms with Gasteiger partial charge in [0, 0.05) is 22.3 Å². The molecule has 18 heavy (non-hydrogen) atoms. The number of rotatable bonds is 5. The van der Waals surface area contributed by atoms with Crippen LogP contribution in [0.1, 0.15) is 19.4 Å². The van der Waals surface area contributed by atoms with Crippen LogP contribution in [0.15, 0.2) is 12.1 Å². The summed E-state index contributed by atoms with van der Waals surface area (Å²) in [4.78, 5) is 0. The van der Waals surface area contributed by atoms with E-state index >= 15 is 0 Å². The van der Waals surface area contributed by atoms with E-state index in [1.807, 2.05) is 0 Å². The summed E-state index contributed by atoms with van der Waals surface area (Å²) in [6.07, 6.45) is -0.207. The molecule has 7 heteroatoms. The molecule has 0 radical (unpaired) electrons. The molecule has 1 rings (SSSR count). The summed E-state index contributed by atoms with van der Waals surface area (Å²) < 4.78 is 46.0. The highest BCUT2D eigenvalue weighted by Gasteiger charge is 2.19. The van der Waals surface area contributed by atoms with Gasteiger partial charge in [-0.15, -0.1) is 0 Å².